The first-order chi connectivity index (χ1) is 10.1. The third-order valence-corrected chi connectivity index (χ3v) is 4.62. The van der Waals surface area contributed by atoms with Crippen LogP contribution in [-0.4, -0.2) is 39.6 Å². The number of carboxylic acids is 1. The van der Waals surface area contributed by atoms with Gasteiger partial charge in [0.05, 0.1) is 29.4 Å². The molecule has 1 fully saturated rings. The molecule has 2 aromatic rings. The first-order valence-corrected chi connectivity index (χ1v) is 8.11. The topological polar surface area (TPSA) is 64.3 Å². The number of hydrogen-bond donors (Lipinski definition) is 1. The molecule has 112 valence electrons. The molecule has 1 unspecified atom stereocenters. The average Bonchev–Trinajstić information content (AvgIpc) is 2.83. The zero-order valence-electron chi connectivity index (χ0n) is 11.3. The molecule has 1 aromatic carbocycles. The number of hydrogen-bond acceptors (Lipinski definition) is 4. The van der Waals surface area contributed by atoms with Crippen molar-refractivity contribution < 1.29 is 14.6 Å². The number of nitrogens with zero attached hydrogens (tertiary/aromatic N) is 2. The molecule has 0 radical (unpaired) electrons. The number of benzene rings is 1. The van der Waals surface area contributed by atoms with Crippen LogP contribution < -0.4 is 0 Å². The van der Waals surface area contributed by atoms with E-state index in [0.717, 1.165) is 30.5 Å². The van der Waals surface area contributed by atoms with Gasteiger partial charge in [0.2, 0.25) is 0 Å². The van der Waals surface area contributed by atoms with E-state index in [1.54, 1.807) is 0 Å². The zero-order valence-corrected chi connectivity index (χ0v) is 12.9. The predicted molar refractivity (Wildman–Crippen MR) is 82.2 cm³/mol. The SMILES string of the molecule is O=C(O)CSc1nc2cc(Cl)ccc2n1C1CCCOC1. The molecule has 0 bridgehead atoms. The first kappa shape index (κ1) is 14.7. The number of imidazole rings is 1. The minimum absolute atomic E-state index is 0.00929. The summed E-state index contributed by atoms with van der Waals surface area (Å²) in [5, 5.41) is 10.2. The number of rotatable bonds is 4. The van der Waals surface area contributed by atoms with Gasteiger partial charge >= 0.3 is 5.97 Å². The molecule has 0 aliphatic carbocycles. The molecular weight excluding hydrogens is 312 g/mol. The molecule has 1 aromatic heterocycles. The Morgan fingerprint density at radius 1 is 1.57 bits per heavy atom. The summed E-state index contributed by atoms with van der Waals surface area (Å²) in [5.74, 6) is -0.860. The van der Waals surface area contributed by atoms with Gasteiger partial charge in [0.15, 0.2) is 5.16 Å². The number of aromatic nitrogens is 2. The Kier molecular flexibility index (Phi) is 4.37. The number of halogens is 1. The van der Waals surface area contributed by atoms with Crippen molar-refractivity contribution in [3.05, 3.63) is 23.2 Å². The Labute approximate surface area is 131 Å². The number of carbonyl (C=O) groups is 1. The lowest BCUT2D eigenvalue weighted by molar-refractivity contribution is -0.133. The first-order valence-electron chi connectivity index (χ1n) is 6.75. The van der Waals surface area contributed by atoms with Gasteiger partial charge in [-0.25, -0.2) is 4.98 Å². The molecule has 7 heteroatoms. The van der Waals surface area contributed by atoms with Crippen molar-refractivity contribution in [3.8, 4) is 0 Å². The minimum atomic E-state index is -0.850. The van der Waals surface area contributed by atoms with Crippen LogP contribution >= 0.6 is 23.4 Å². The molecule has 5 nitrogen and oxygen atoms in total. The molecule has 0 saturated carbocycles. The number of fused-ring (bicyclic) bond motifs is 1. The van der Waals surface area contributed by atoms with Crippen molar-refractivity contribution in [2.24, 2.45) is 0 Å². The van der Waals surface area contributed by atoms with Gasteiger partial charge in [0.25, 0.3) is 0 Å². The number of aliphatic carboxylic acids is 1. The Morgan fingerprint density at radius 3 is 3.14 bits per heavy atom. The quantitative estimate of drug-likeness (QED) is 0.874. The van der Waals surface area contributed by atoms with Gasteiger partial charge in [-0.2, -0.15) is 0 Å². The van der Waals surface area contributed by atoms with E-state index < -0.39 is 5.97 Å². The van der Waals surface area contributed by atoms with E-state index in [1.165, 1.54) is 11.8 Å². The standard InChI is InChI=1S/C14H15ClN2O3S/c15-9-3-4-12-11(6-9)16-14(21-8-13(18)19)17(12)10-2-1-5-20-7-10/h3-4,6,10H,1-2,5,7-8H2,(H,18,19). The highest BCUT2D eigenvalue weighted by molar-refractivity contribution is 7.99. The van der Waals surface area contributed by atoms with Crippen LogP contribution in [0.1, 0.15) is 18.9 Å². The third-order valence-electron chi connectivity index (χ3n) is 3.45. The van der Waals surface area contributed by atoms with E-state index in [2.05, 4.69) is 9.55 Å². The van der Waals surface area contributed by atoms with Crippen molar-refractivity contribution in [2.75, 3.05) is 19.0 Å². The van der Waals surface area contributed by atoms with Gasteiger partial charge in [-0.05, 0) is 31.0 Å². The Morgan fingerprint density at radius 2 is 2.43 bits per heavy atom. The van der Waals surface area contributed by atoms with E-state index in [0.29, 0.717) is 16.8 Å². The molecular formula is C14H15ClN2O3S. The second-order valence-corrected chi connectivity index (χ2v) is 6.33. The molecule has 1 N–H and O–H groups in total. The highest BCUT2D eigenvalue weighted by atomic mass is 35.5. The van der Waals surface area contributed by atoms with Gasteiger partial charge in [0.1, 0.15) is 0 Å². The fourth-order valence-corrected chi connectivity index (χ4v) is 3.53. The molecule has 0 amide bonds. The van der Waals surface area contributed by atoms with E-state index >= 15 is 0 Å². The van der Waals surface area contributed by atoms with Crippen molar-refractivity contribution in [3.63, 3.8) is 0 Å². The normalized spacial score (nSPS) is 19.0. The van der Waals surface area contributed by atoms with Crippen LogP contribution in [0, 0.1) is 0 Å². The molecule has 21 heavy (non-hydrogen) atoms. The van der Waals surface area contributed by atoms with Crippen LogP contribution in [0.4, 0.5) is 0 Å². The zero-order chi connectivity index (χ0) is 14.8. The lowest BCUT2D eigenvalue weighted by atomic mass is 10.1. The van der Waals surface area contributed by atoms with Crippen LogP contribution in [0.15, 0.2) is 23.4 Å². The van der Waals surface area contributed by atoms with Crippen molar-refractivity contribution in [2.45, 2.75) is 24.0 Å². The van der Waals surface area contributed by atoms with E-state index in [-0.39, 0.29) is 11.8 Å². The Balaban J connectivity index is 2.03. The molecule has 0 spiro atoms. The van der Waals surface area contributed by atoms with Crippen LogP contribution in [0.5, 0.6) is 0 Å². The highest BCUT2D eigenvalue weighted by Crippen LogP contribution is 2.32. The molecule has 1 saturated heterocycles. The average molecular weight is 327 g/mol. The van der Waals surface area contributed by atoms with E-state index in [1.807, 2.05) is 18.2 Å². The largest absolute Gasteiger partial charge is 0.481 e. The summed E-state index contributed by atoms with van der Waals surface area (Å²) in [4.78, 5) is 15.4. The lowest BCUT2D eigenvalue weighted by Gasteiger charge is -2.25. The van der Waals surface area contributed by atoms with Crippen LogP contribution in [0.3, 0.4) is 0 Å². The third kappa shape index (κ3) is 3.17. The predicted octanol–water partition coefficient (Wildman–Crippen LogP) is 3.22. The van der Waals surface area contributed by atoms with Crippen molar-refractivity contribution in [1.82, 2.24) is 9.55 Å². The van der Waals surface area contributed by atoms with Gasteiger partial charge < -0.3 is 14.4 Å². The second kappa shape index (κ2) is 6.25. The maximum absolute atomic E-state index is 10.8. The second-order valence-electron chi connectivity index (χ2n) is 4.95. The number of thioether (sulfide) groups is 1. The summed E-state index contributed by atoms with van der Waals surface area (Å²) in [7, 11) is 0. The Hall–Kier alpha value is -1.24. The molecule has 1 atom stereocenters. The lowest BCUT2D eigenvalue weighted by Crippen LogP contribution is -2.22. The highest BCUT2D eigenvalue weighted by Gasteiger charge is 2.22. The maximum atomic E-state index is 10.8. The summed E-state index contributed by atoms with van der Waals surface area (Å²) in [6, 6.07) is 5.77. The summed E-state index contributed by atoms with van der Waals surface area (Å²) < 4.78 is 7.65. The summed E-state index contributed by atoms with van der Waals surface area (Å²) in [5.41, 5.74) is 1.77. The summed E-state index contributed by atoms with van der Waals surface area (Å²) in [6.45, 7) is 1.42. The smallest absolute Gasteiger partial charge is 0.313 e. The number of ether oxygens (including phenoxy) is 1. The molecule has 3 rings (SSSR count). The molecule has 1 aliphatic heterocycles. The van der Waals surface area contributed by atoms with E-state index in [9.17, 15) is 4.79 Å². The fourth-order valence-electron chi connectivity index (χ4n) is 2.56. The summed E-state index contributed by atoms with van der Waals surface area (Å²) in [6.07, 6.45) is 2.01. The maximum Gasteiger partial charge on any atom is 0.313 e. The fraction of sp³-hybridized carbons (Fsp3) is 0.429. The van der Waals surface area contributed by atoms with Crippen LogP contribution in [-0.2, 0) is 9.53 Å². The van der Waals surface area contributed by atoms with Crippen LogP contribution in [0.25, 0.3) is 11.0 Å². The van der Waals surface area contributed by atoms with Crippen molar-refractivity contribution >= 4 is 40.4 Å². The molecule has 2 heterocycles. The Bertz CT molecular complexity index is 668. The van der Waals surface area contributed by atoms with E-state index in [4.69, 9.17) is 21.4 Å². The van der Waals surface area contributed by atoms with Gasteiger partial charge in [-0.15, -0.1) is 0 Å². The monoisotopic (exact) mass is 326 g/mol. The van der Waals surface area contributed by atoms with Gasteiger partial charge in [-0.1, -0.05) is 23.4 Å². The number of carboxylic acid groups (broad SMARTS) is 1. The van der Waals surface area contributed by atoms with Crippen molar-refractivity contribution in [1.29, 1.82) is 0 Å². The van der Waals surface area contributed by atoms with Gasteiger partial charge in [-0.3, -0.25) is 4.79 Å². The van der Waals surface area contributed by atoms with Gasteiger partial charge in [0, 0.05) is 11.6 Å². The minimum Gasteiger partial charge on any atom is -0.481 e. The molecule has 1 aliphatic rings. The van der Waals surface area contributed by atoms with Crippen LogP contribution in [0.2, 0.25) is 5.02 Å². The summed E-state index contributed by atoms with van der Waals surface area (Å²) >= 11 is 7.25.